The van der Waals surface area contributed by atoms with Crippen LogP contribution in [-0.2, 0) is 14.4 Å². The molecule has 2 aromatic heterocycles. The molecule has 0 amide bonds. The zero-order valence-corrected chi connectivity index (χ0v) is 23.5. The molecule has 0 aliphatic carbocycles. The number of aromatic nitrogens is 2. The number of benzene rings is 1. The monoisotopic (exact) mass is 630 g/mol. The Kier molecular flexibility index (Phi) is 19.1. The molecule has 8 nitrogen and oxygen atoms in total. The average Bonchev–Trinajstić information content (AvgIpc) is 2.72. The van der Waals surface area contributed by atoms with E-state index in [1.165, 1.54) is 41.5 Å². The second kappa shape index (κ2) is 19.4. The first-order valence-corrected chi connectivity index (χ1v) is 10.5. The van der Waals surface area contributed by atoms with Crippen molar-refractivity contribution < 1.29 is 79.1 Å². The van der Waals surface area contributed by atoms with Crippen molar-refractivity contribution in [3.8, 4) is 0 Å². The molecule has 3 aromatic rings. The first-order valence-electron chi connectivity index (χ1n) is 10.5. The summed E-state index contributed by atoms with van der Waals surface area (Å²) in [6, 6.07) is 12.1. The minimum atomic E-state index is -0.187. The zero-order chi connectivity index (χ0) is 27.0. The largest absolute Gasteiger partial charge is 3.00 e. The van der Waals surface area contributed by atoms with Gasteiger partial charge in [-0.25, -0.2) is 0 Å². The Hall–Kier alpha value is -2.75. The first-order chi connectivity index (χ1) is 16.3. The fraction of sp³-hybridized carbons (Fsp3) is 0.222. The first kappa shape index (κ1) is 35.4. The Morgan fingerprint density at radius 1 is 0.583 bits per heavy atom. The number of nitrogens with zero attached hydrogens (tertiary/aromatic N) is 2. The normalized spacial score (nSPS) is 10.9. The van der Waals surface area contributed by atoms with E-state index in [1.54, 1.807) is 12.4 Å². The van der Waals surface area contributed by atoms with Gasteiger partial charge in [0.15, 0.2) is 17.3 Å². The quantitative estimate of drug-likeness (QED) is 0.244. The molecule has 1 aromatic carbocycles. The van der Waals surface area contributed by atoms with Gasteiger partial charge in [0.2, 0.25) is 0 Å². The van der Waals surface area contributed by atoms with Gasteiger partial charge in [-0.3, -0.25) is 24.4 Å². The summed E-state index contributed by atoms with van der Waals surface area (Å²) in [5.74, 6) is -1.12. The van der Waals surface area contributed by atoms with Crippen molar-refractivity contribution in [2.24, 2.45) is 0 Å². The molecule has 3 rings (SSSR count). The number of carbonyl (C=O) groups is 3. The molecule has 0 unspecified atom stereocenters. The summed E-state index contributed by atoms with van der Waals surface area (Å²) in [6.07, 6.45) is 6.77. The molecule has 0 saturated heterocycles. The molecular formula is C27H29EuN2O6. The van der Waals surface area contributed by atoms with Gasteiger partial charge in [-0.1, -0.05) is 45.0 Å². The van der Waals surface area contributed by atoms with E-state index in [-0.39, 0.29) is 84.0 Å². The van der Waals surface area contributed by atoms with Gasteiger partial charge in [0.25, 0.3) is 0 Å². The van der Waals surface area contributed by atoms with E-state index in [9.17, 15) is 29.7 Å². The predicted octanol–water partition coefficient (Wildman–Crippen LogP) is 2.30. The summed E-state index contributed by atoms with van der Waals surface area (Å²) in [4.78, 5) is 38.6. The SMILES string of the molecule is CC(=O)/C=C(/C)[O-].CC(=O)/C=C(/C)[O-].CC(=O)/C=C(/C)[O-].[Eu+3].c1cnc2c(c1)ccc1cccnc12. The molecule has 0 bridgehead atoms. The Morgan fingerprint density at radius 2 is 0.861 bits per heavy atom. The third-order valence-electron chi connectivity index (χ3n) is 3.56. The van der Waals surface area contributed by atoms with Gasteiger partial charge in [0.1, 0.15) is 0 Å². The standard InChI is InChI=1S/C12H8N2.3C5H8O2.Eu/c1-3-9-5-6-10-4-2-8-14-12(10)11(9)13-7-1;3*1-4(6)3-5(2)7;/h1-8H;3*3,6H,1-2H3;/q;;;;+3/p-3/b;3*4-3-;. The molecule has 0 radical (unpaired) electrons. The fourth-order valence-electron chi connectivity index (χ4n) is 2.54. The summed E-state index contributed by atoms with van der Waals surface area (Å²) in [5.41, 5.74) is 1.95. The molecule has 2 heterocycles. The van der Waals surface area contributed by atoms with Gasteiger partial charge >= 0.3 is 49.4 Å². The number of hydrogen-bond donors (Lipinski definition) is 0. The smallest absolute Gasteiger partial charge is 0.876 e. The fourth-order valence-corrected chi connectivity index (χ4v) is 2.54. The van der Waals surface area contributed by atoms with Crippen molar-refractivity contribution in [1.82, 2.24) is 9.97 Å². The maximum atomic E-state index is 9.98. The molecule has 0 aliphatic rings. The second-order valence-electron chi connectivity index (χ2n) is 7.31. The number of rotatable bonds is 3. The van der Waals surface area contributed by atoms with Gasteiger partial charge in [-0.05, 0) is 51.1 Å². The third-order valence-corrected chi connectivity index (χ3v) is 3.56. The van der Waals surface area contributed by atoms with Crippen LogP contribution in [0.5, 0.6) is 0 Å². The van der Waals surface area contributed by atoms with Crippen molar-refractivity contribution in [3.05, 3.63) is 84.3 Å². The molecule has 0 saturated carbocycles. The van der Waals surface area contributed by atoms with Crippen LogP contribution in [0.4, 0.5) is 0 Å². The van der Waals surface area contributed by atoms with Crippen molar-refractivity contribution in [2.75, 3.05) is 0 Å². The van der Waals surface area contributed by atoms with E-state index < -0.39 is 0 Å². The van der Waals surface area contributed by atoms with Crippen LogP contribution in [0.2, 0.25) is 0 Å². The maximum Gasteiger partial charge on any atom is 3.00 e. The second-order valence-corrected chi connectivity index (χ2v) is 7.31. The van der Waals surface area contributed by atoms with E-state index in [0.717, 1.165) is 40.0 Å². The van der Waals surface area contributed by atoms with Crippen LogP contribution in [0.3, 0.4) is 0 Å². The van der Waals surface area contributed by atoms with Crippen LogP contribution in [0.25, 0.3) is 21.8 Å². The van der Waals surface area contributed by atoms with Crippen molar-refractivity contribution >= 4 is 39.2 Å². The molecular weight excluding hydrogens is 600 g/mol. The van der Waals surface area contributed by atoms with E-state index in [0.29, 0.717) is 0 Å². The Morgan fingerprint density at radius 3 is 1.06 bits per heavy atom. The van der Waals surface area contributed by atoms with Gasteiger partial charge < -0.3 is 15.3 Å². The summed E-state index contributed by atoms with van der Waals surface area (Å²) in [5, 5.41) is 32.2. The minimum Gasteiger partial charge on any atom is -0.876 e. The molecule has 190 valence electrons. The van der Waals surface area contributed by atoms with Crippen LogP contribution < -0.4 is 15.3 Å². The van der Waals surface area contributed by atoms with E-state index in [1.807, 2.05) is 12.1 Å². The number of hydrogen-bond acceptors (Lipinski definition) is 8. The maximum absolute atomic E-state index is 9.98. The average molecular weight is 630 g/mol. The van der Waals surface area contributed by atoms with E-state index in [4.69, 9.17) is 0 Å². The van der Waals surface area contributed by atoms with Gasteiger partial charge in [0, 0.05) is 23.2 Å². The van der Waals surface area contributed by atoms with Crippen LogP contribution in [0.1, 0.15) is 41.5 Å². The molecule has 0 spiro atoms. The van der Waals surface area contributed by atoms with E-state index in [2.05, 4.69) is 34.2 Å². The summed E-state index contributed by atoms with van der Waals surface area (Å²) in [6.45, 7) is 8.09. The molecule has 0 aliphatic heterocycles. The summed E-state index contributed by atoms with van der Waals surface area (Å²) < 4.78 is 0. The summed E-state index contributed by atoms with van der Waals surface area (Å²) in [7, 11) is 0. The van der Waals surface area contributed by atoms with Gasteiger partial charge in [-0.15, -0.1) is 17.3 Å². The van der Waals surface area contributed by atoms with Crippen molar-refractivity contribution in [3.63, 3.8) is 0 Å². The topological polar surface area (TPSA) is 146 Å². The van der Waals surface area contributed by atoms with Crippen molar-refractivity contribution in [2.45, 2.75) is 41.5 Å². The number of carbonyl (C=O) groups excluding carboxylic acids is 3. The number of allylic oxidation sites excluding steroid dienone is 6. The van der Waals surface area contributed by atoms with Crippen LogP contribution in [0.15, 0.2) is 84.3 Å². The van der Waals surface area contributed by atoms with Crippen molar-refractivity contribution in [1.29, 1.82) is 0 Å². The Bertz CT molecular complexity index is 1120. The molecule has 9 heteroatoms. The molecule has 0 fully saturated rings. The number of pyridine rings is 2. The zero-order valence-electron chi connectivity index (χ0n) is 21.1. The number of ketones is 3. The van der Waals surface area contributed by atoms with Crippen LogP contribution in [0, 0.1) is 49.4 Å². The third kappa shape index (κ3) is 17.7. The van der Waals surface area contributed by atoms with Gasteiger partial charge in [0.05, 0.1) is 11.0 Å². The summed E-state index contributed by atoms with van der Waals surface area (Å²) >= 11 is 0. The molecule has 0 atom stereocenters. The Labute approximate surface area is 252 Å². The molecule has 36 heavy (non-hydrogen) atoms. The van der Waals surface area contributed by atoms with Crippen LogP contribution in [-0.4, -0.2) is 27.3 Å². The van der Waals surface area contributed by atoms with Crippen LogP contribution >= 0.6 is 0 Å². The van der Waals surface area contributed by atoms with E-state index >= 15 is 0 Å². The minimum absolute atomic E-state index is 0. The number of fused-ring (bicyclic) bond motifs is 3. The Balaban J connectivity index is 0. The molecule has 0 N–H and O–H groups in total. The predicted molar refractivity (Wildman–Crippen MR) is 130 cm³/mol. The van der Waals surface area contributed by atoms with Gasteiger partial charge in [-0.2, -0.15) is 0 Å².